The number of carbonyl (C=O) groups excluding carboxylic acids is 1. The Bertz CT molecular complexity index is 1190. The molecule has 2 aromatic carbocycles. The van der Waals surface area contributed by atoms with E-state index in [1.54, 1.807) is 7.11 Å². The second-order valence-electron chi connectivity index (χ2n) is 8.35. The highest BCUT2D eigenvalue weighted by Crippen LogP contribution is 2.28. The predicted molar refractivity (Wildman–Crippen MR) is 135 cm³/mol. The van der Waals surface area contributed by atoms with Crippen LogP contribution >= 0.6 is 0 Å². The summed E-state index contributed by atoms with van der Waals surface area (Å²) in [5.74, 6) is 1.75. The number of esters is 1. The van der Waals surface area contributed by atoms with E-state index < -0.39 is 0 Å². The third-order valence-corrected chi connectivity index (χ3v) is 5.95. The van der Waals surface area contributed by atoms with Crippen LogP contribution in [0.3, 0.4) is 0 Å². The molecule has 4 rings (SSSR count). The molecule has 0 aliphatic heterocycles. The van der Waals surface area contributed by atoms with Crippen LogP contribution in [0.15, 0.2) is 79.0 Å². The summed E-state index contributed by atoms with van der Waals surface area (Å²) in [4.78, 5) is 15.4. The first-order valence-corrected chi connectivity index (χ1v) is 11.9. The van der Waals surface area contributed by atoms with Crippen molar-refractivity contribution in [2.24, 2.45) is 0 Å². The smallest absolute Gasteiger partial charge is 0.305 e. The summed E-state index contributed by atoms with van der Waals surface area (Å²) in [6, 6.07) is 25.2. The number of aromatic amines is 1. The molecule has 0 aliphatic rings. The summed E-state index contributed by atoms with van der Waals surface area (Å²) < 4.78 is 12.9. The number of aromatic nitrogens is 2. The Balaban J connectivity index is 1.72. The molecule has 176 valence electrons. The van der Waals surface area contributed by atoms with E-state index in [1.807, 2.05) is 37.4 Å². The quantitative estimate of drug-likeness (QED) is 0.287. The molecular formula is C29H32N2O3. The Kier molecular flexibility index (Phi) is 7.87. The molecule has 0 amide bonds. The molecule has 34 heavy (non-hydrogen) atoms. The third kappa shape index (κ3) is 5.79. The molecule has 5 heteroatoms. The van der Waals surface area contributed by atoms with Gasteiger partial charge in [0, 0.05) is 30.4 Å². The maximum Gasteiger partial charge on any atom is 0.305 e. The molecule has 0 radical (unpaired) electrons. The monoisotopic (exact) mass is 456 g/mol. The van der Waals surface area contributed by atoms with E-state index in [9.17, 15) is 4.79 Å². The number of hydrogen-bond donors (Lipinski definition) is 1. The predicted octanol–water partition coefficient (Wildman–Crippen LogP) is 5.88. The lowest BCUT2D eigenvalue weighted by molar-refractivity contribution is -0.143. The van der Waals surface area contributed by atoms with E-state index in [0.29, 0.717) is 13.0 Å². The summed E-state index contributed by atoms with van der Waals surface area (Å²) in [5.41, 5.74) is 6.16. The zero-order chi connectivity index (χ0) is 23.8. The van der Waals surface area contributed by atoms with Gasteiger partial charge in [0.15, 0.2) is 0 Å². The highest BCUT2D eigenvalue weighted by Gasteiger charge is 2.18. The van der Waals surface area contributed by atoms with Crippen LogP contribution in [-0.2, 0) is 28.8 Å². The van der Waals surface area contributed by atoms with E-state index in [-0.39, 0.29) is 5.97 Å². The molecule has 2 heterocycles. The fraction of sp³-hybridized carbons (Fsp3) is 0.276. The van der Waals surface area contributed by atoms with E-state index in [2.05, 4.69) is 58.1 Å². The Hall–Kier alpha value is -3.73. The second kappa shape index (κ2) is 11.4. The molecule has 1 N–H and O–H groups in total. The van der Waals surface area contributed by atoms with Crippen molar-refractivity contribution in [3.05, 3.63) is 107 Å². The van der Waals surface area contributed by atoms with Crippen molar-refractivity contribution in [3.63, 3.8) is 0 Å². The molecule has 0 saturated carbocycles. The summed E-state index contributed by atoms with van der Waals surface area (Å²) in [5, 5.41) is 0. The Morgan fingerprint density at radius 1 is 0.941 bits per heavy atom. The average molecular weight is 457 g/mol. The maximum atomic E-state index is 12.0. The van der Waals surface area contributed by atoms with Crippen LogP contribution in [0.25, 0.3) is 5.82 Å². The molecule has 0 atom stereocenters. The number of benzene rings is 2. The molecular weight excluding hydrogens is 424 g/mol. The zero-order valence-electron chi connectivity index (χ0n) is 19.9. The Labute approximate surface area is 201 Å². The van der Waals surface area contributed by atoms with Crippen molar-refractivity contribution >= 4 is 5.97 Å². The molecule has 0 spiro atoms. The number of ether oxygens (including phenoxy) is 2. The number of nitrogens with one attached hydrogen (secondary N) is 1. The largest absolute Gasteiger partial charge is 0.497 e. The fourth-order valence-corrected chi connectivity index (χ4v) is 4.42. The number of rotatable bonds is 11. The number of methoxy groups -OCH3 is 1. The normalized spacial score (nSPS) is 10.9. The van der Waals surface area contributed by atoms with E-state index >= 15 is 0 Å². The van der Waals surface area contributed by atoms with Gasteiger partial charge >= 0.3 is 5.97 Å². The van der Waals surface area contributed by atoms with Gasteiger partial charge < -0.3 is 19.0 Å². The van der Waals surface area contributed by atoms with Crippen molar-refractivity contribution in [3.8, 4) is 11.6 Å². The van der Waals surface area contributed by atoms with Crippen molar-refractivity contribution < 1.29 is 14.3 Å². The van der Waals surface area contributed by atoms with Gasteiger partial charge in [-0.3, -0.25) is 4.79 Å². The number of nitrogens with zero attached hydrogens (tertiary/aromatic N) is 1. The van der Waals surface area contributed by atoms with Crippen LogP contribution in [0.5, 0.6) is 5.75 Å². The van der Waals surface area contributed by atoms with Gasteiger partial charge in [0.25, 0.3) is 0 Å². The van der Waals surface area contributed by atoms with Crippen LogP contribution in [0.2, 0.25) is 0 Å². The standard InChI is InChI=1S/C29H32N2O3/c1-3-34-29(32)16-8-14-27-24(18-23-12-7-13-26(20-23)33-2)21-25(19-22-10-5-4-6-11-22)31(27)28-15-9-17-30-28/h4-7,9-13,15,17,20-21,30H,3,8,14,16,18-19H2,1-2H3. The van der Waals surface area contributed by atoms with Crippen LogP contribution < -0.4 is 4.74 Å². The number of carbonyl (C=O) groups is 1. The lowest BCUT2D eigenvalue weighted by Crippen LogP contribution is -2.09. The number of hydrogen-bond acceptors (Lipinski definition) is 3. The van der Waals surface area contributed by atoms with Gasteiger partial charge in [0.1, 0.15) is 11.6 Å². The SMILES string of the molecule is CCOC(=O)CCCc1c(Cc2cccc(OC)c2)cc(Cc2ccccc2)n1-c1ccc[nH]1. The van der Waals surface area contributed by atoms with Crippen LogP contribution in [-0.4, -0.2) is 29.2 Å². The van der Waals surface area contributed by atoms with Gasteiger partial charge in [-0.25, -0.2) is 0 Å². The van der Waals surface area contributed by atoms with Gasteiger partial charge in [-0.2, -0.15) is 0 Å². The van der Waals surface area contributed by atoms with Crippen LogP contribution in [0, 0.1) is 0 Å². The molecule has 0 aliphatic carbocycles. The van der Waals surface area contributed by atoms with E-state index in [4.69, 9.17) is 9.47 Å². The summed E-state index contributed by atoms with van der Waals surface area (Å²) >= 11 is 0. The van der Waals surface area contributed by atoms with Gasteiger partial charge in [-0.1, -0.05) is 42.5 Å². The van der Waals surface area contributed by atoms with Gasteiger partial charge in [0.2, 0.25) is 0 Å². The third-order valence-electron chi connectivity index (χ3n) is 5.95. The van der Waals surface area contributed by atoms with E-state index in [0.717, 1.165) is 37.3 Å². The minimum absolute atomic E-state index is 0.140. The Morgan fingerprint density at radius 3 is 2.50 bits per heavy atom. The van der Waals surface area contributed by atoms with Crippen LogP contribution in [0.4, 0.5) is 0 Å². The van der Waals surface area contributed by atoms with Gasteiger partial charge in [0.05, 0.1) is 13.7 Å². The summed E-state index contributed by atoms with van der Waals surface area (Å²) in [6.45, 7) is 2.26. The summed E-state index contributed by atoms with van der Waals surface area (Å²) in [7, 11) is 1.69. The first-order chi connectivity index (χ1) is 16.7. The molecule has 5 nitrogen and oxygen atoms in total. The highest BCUT2D eigenvalue weighted by molar-refractivity contribution is 5.69. The molecule has 0 unspecified atom stereocenters. The first-order valence-electron chi connectivity index (χ1n) is 11.9. The van der Waals surface area contributed by atoms with Crippen LogP contribution in [0.1, 0.15) is 47.8 Å². The highest BCUT2D eigenvalue weighted by atomic mass is 16.5. The fourth-order valence-electron chi connectivity index (χ4n) is 4.42. The Morgan fingerprint density at radius 2 is 1.76 bits per heavy atom. The van der Waals surface area contributed by atoms with Crippen molar-refractivity contribution in [2.75, 3.05) is 13.7 Å². The molecule has 0 fully saturated rings. The maximum absolute atomic E-state index is 12.0. The molecule has 4 aromatic rings. The lowest BCUT2D eigenvalue weighted by Gasteiger charge is -2.14. The minimum atomic E-state index is -0.140. The zero-order valence-corrected chi connectivity index (χ0v) is 19.9. The topological polar surface area (TPSA) is 56.2 Å². The molecule has 2 aromatic heterocycles. The second-order valence-corrected chi connectivity index (χ2v) is 8.35. The molecule has 0 saturated heterocycles. The summed E-state index contributed by atoms with van der Waals surface area (Å²) in [6.07, 6.45) is 5.50. The lowest BCUT2D eigenvalue weighted by atomic mass is 10.0. The van der Waals surface area contributed by atoms with Crippen molar-refractivity contribution in [2.45, 2.75) is 39.0 Å². The number of H-pyrrole nitrogens is 1. The van der Waals surface area contributed by atoms with Gasteiger partial charge in [-0.15, -0.1) is 0 Å². The van der Waals surface area contributed by atoms with Crippen molar-refractivity contribution in [1.29, 1.82) is 0 Å². The van der Waals surface area contributed by atoms with Gasteiger partial charge in [-0.05, 0) is 73.2 Å². The minimum Gasteiger partial charge on any atom is -0.497 e. The average Bonchev–Trinajstić information content (AvgIpc) is 3.48. The van der Waals surface area contributed by atoms with Crippen molar-refractivity contribution in [1.82, 2.24) is 9.55 Å². The van der Waals surface area contributed by atoms with E-state index in [1.165, 1.54) is 28.1 Å². The first kappa shape index (κ1) is 23.4. The molecule has 0 bridgehead atoms.